The second-order valence-electron chi connectivity index (χ2n) is 10.6. The summed E-state index contributed by atoms with van der Waals surface area (Å²) in [4.78, 5) is 29.4. The van der Waals surface area contributed by atoms with Gasteiger partial charge in [-0.1, -0.05) is 12.1 Å². The minimum absolute atomic E-state index is 0.143. The summed E-state index contributed by atoms with van der Waals surface area (Å²) in [5, 5.41) is 3.69. The number of nitrogens with one attached hydrogen (secondary N) is 1. The normalized spacial score (nSPS) is 19.1. The van der Waals surface area contributed by atoms with Gasteiger partial charge in [0.05, 0.1) is 60.4 Å². The first-order valence-corrected chi connectivity index (χ1v) is 15.4. The van der Waals surface area contributed by atoms with Crippen LogP contribution in [0.3, 0.4) is 0 Å². The number of pyridine rings is 3. The molecule has 212 valence electrons. The predicted molar refractivity (Wildman–Crippen MR) is 155 cm³/mol. The number of nitrogens with zero attached hydrogens (tertiary/aromatic N) is 4. The third-order valence-corrected chi connectivity index (χ3v) is 8.79. The number of fused-ring (bicyclic) bond motifs is 1. The van der Waals surface area contributed by atoms with Crippen LogP contribution in [0.25, 0.3) is 22.3 Å². The van der Waals surface area contributed by atoms with Gasteiger partial charge >= 0.3 is 0 Å². The minimum atomic E-state index is -3.44. The van der Waals surface area contributed by atoms with Crippen molar-refractivity contribution in [2.24, 2.45) is 0 Å². The van der Waals surface area contributed by atoms with E-state index in [1.807, 2.05) is 36.4 Å². The number of aryl methyl sites for hydroxylation is 1. The zero-order chi connectivity index (χ0) is 28.6. The van der Waals surface area contributed by atoms with Gasteiger partial charge in [-0.2, -0.15) is 0 Å². The highest BCUT2D eigenvalue weighted by molar-refractivity contribution is 7.90. The molecule has 6 rings (SSSR count). The number of amides is 1. The maximum atomic E-state index is 12.8. The third kappa shape index (κ3) is 5.79. The fourth-order valence-corrected chi connectivity index (χ4v) is 6.34. The fourth-order valence-electron chi connectivity index (χ4n) is 5.35. The Labute approximate surface area is 238 Å². The number of hydrogen-bond acceptors (Lipinski definition) is 9. The third-order valence-electron chi connectivity index (χ3n) is 7.55. The maximum absolute atomic E-state index is 12.8. The minimum Gasteiger partial charge on any atom is -0.376 e. The van der Waals surface area contributed by atoms with Crippen molar-refractivity contribution in [3.8, 4) is 11.4 Å². The maximum Gasteiger partial charge on any atom is 0.251 e. The van der Waals surface area contributed by atoms with Crippen molar-refractivity contribution >= 4 is 32.5 Å². The molecule has 10 nitrogen and oxygen atoms in total. The molecule has 1 N–H and O–H groups in total. The lowest BCUT2D eigenvalue weighted by Crippen LogP contribution is -2.45. The van der Waals surface area contributed by atoms with E-state index < -0.39 is 9.84 Å². The van der Waals surface area contributed by atoms with Crippen LogP contribution in [-0.4, -0.2) is 74.0 Å². The number of ether oxygens (including phenoxy) is 2. The molecule has 1 aromatic carbocycles. The molecule has 2 aliphatic rings. The largest absolute Gasteiger partial charge is 0.376 e. The van der Waals surface area contributed by atoms with Crippen molar-refractivity contribution in [3.05, 3.63) is 77.6 Å². The fraction of sp³-hybridized carbons (Fsp3) is 0.333. The molecule has 2 fully saturated rings. The van der Waals surface area contributed by atoms with Crippen LogP contribution >= 0.6 is 0 Å². The van der Waals surface area contributed by atoms with Gasteiger partial charge < -0.3 is 19.7 Å². The van der Waals surface area contributed by atoms with Crippen molar-refractivity contribution in [3.63, 3.8) is 0 Å². The summed E-state index contributed by atoms with van der Waals surface area (Å²) < 4.78 is 35.8. The topological polar surface area (TPSA) is 124 Å². The van der Waals surface area contributed by atoms with Gasteiger partial charge in [0, 0.05) is 29.9 Å². The van der Waals surface area contributed by atoms with Crippen LogP contribution in [0, 0.1) is 6.92 Å². The molecule has 2 saturated heterocycles. The Bertz CT molecular complexity index is 1740. The van der Waals surface area contributed by atoms with E-state index in [1.54, 1.807) is 25.3 Å². The van der Waals surface area contributed by atoms with E-state index >= 15 is 0 Å². The Kier molecular flexibility index (Phi) is 7.18. The molecule has 0 bridgehead atoms. The standard InChI is InChI=1S/C30H31N5O5S/c1-20-6-7-21(14-27(20)41(2,37)38)29(36)32-17-23-15-26-22(16-31-23)8-9-25(33-26)24-4-3-5-28(34-24)35-11-10-30(18-35)19-39-12-13-40-30/h3-9,14-16H,10-13,17-19H2,1-2H3,(H,32,36)/t30-/m1/s1. The molecule has 0 unspecified atom stereocenters. The number of hydrogen-bond donors (Lipinski definition) is 1. The summed E-state index contributed by atoms with van der Waals surface area (Å²) in [7, 11) is -3.44. The number of carbonyl (C=O) groups excluding carboxylic acids is 1. The van der Waals surface area contributed by atoms with E-state index in [0.717, 1.165) is 53.9 Å². The van der Waals surface area contributed by atoms with Crippen LogP contribution < -0.4 is 10.2 Å². The average molecular weight is 574 g/mol. The lowest BCUT2D eigenvalue weighted by atomic mass is 10.0. The Balaban J connectivity index is 1.18. The zero-order valence-corrected chi connectivity index (χ0v) is 23.8. The average Bonchev–Trinajstić information content (AvgIpc) is 3.38. The van der Waals surface area contributed by atoms with Gasteiger partial charge in [-0.05, 0) is 61.4 Å². The van der Waals surface area contributed by atoms with Gasteiger partial charge in [-0.15, -0.1) is 0 Å². The zero-order valence-electron chi connectivity index (χ0n) is 23.0. The molecule has 0 saturated carbocycles. The molecule has 1 spiro atoms. The molecule has 0 aliphatic carbocycles. The van der Waals surface area contributed by atoms with Crippen LogP contribution in [0.2, 0.25) is 0 Å². The summed E-state index contributed by atoms with van der Waals surface area (Å²) in [6.45, 7) is 5.34. The number of anilines is 1. The smallest absolute Gasteiger partial charge is 0.251 e. The second kappa shape index (κ2) is 10.8. The number of benzene rings is 1. The van der Waals surface area contributed by atoms with Crippen molar-refractivity contribution in [1.82, 2.24) is 20.3 Å². The molecule has 11 heteroatoms. The van der Waals surface area contributed by atoms with Crippen LogP contribution in [0.5, 0.6) is 0 Å². The van der Waals surface area contributed by atoms with Gasteiger partial charge in [0.25, 0.3) is 5.91 Å². The Hall–Kier alpha value is -3.93. The van der Waals surface area contributed by atoms with Crippen molar-refractivity contribution < 1.29 is 22.7 Å². The first kappa shape index (κ1) is 27.3. The van der Waals surface area contributed by atoms with Gasteiger partial charge in [0.1, 0.15) is 11.4 Å². The van der Waals surface area contributed by atoms with Crippen molar-refractivity contribution in [2.45, 2.75) is 30.4 Å². The van der Waals surface area contributed by atoms with Gasteiger partial charge in [-0.3, -0.25) is 9.78 Å². The second-order valence-corrected chi connectivity index (χ2v) is 12.6. The van der Waals surface area contributed by atoms with Gasteiger partial charge in [0.15, 0.2) is 9.84 Å². The molecule has 2 aliphatic heterocycles. The Morgan fingerprint density at radius 2 is 1.93 bits per heavy atom. The highest BCUT2D eigenvalue weighted by Gasteiger charge is 2.41. The molecule has 1 amide bonds. The van der Waals surface area contributed by atoms with E-state index in [-0.39, 0.29) is 28.5 Å². The van der Waals surface area contributed by atoms with Gasteiger partial charge in [0.2, 0.25) is 0 Å². The quantitative estimate of drug-likeness (QED) is 0.370. The van der Waals surface area contributed by atoms with Gasteiger partial charge in [-0.25, -0.2) is 18.4 Å². The Morgan fingerprint density at radius 1 is 1.07 bits per heavy atom. The van der Waals surface area contributed by atoms with E-state index in [0.29, 0.717) is 31.1 Å². The molecular weight excluding hydrogens is 542 g/mol. The predicted octanol–water partition coefficient (Wildman–Crippen LogP) is 3.33. The highest BCUT2D eigenvalue weighted by atomic mass is 32.2. The molecular formula is C30H31N5O5S. The lowest BCUT2D eigenvalue weighted by molar-refractivity contribution is -0.145. The monoisotopic (exact) mass is 573 g/mol. The molecule has 0 radical (unpaired) electrons. The summed E-state index contributed by atoms with van der Waals surface area (Å²) in [6.07, 6.45) is 3.76. The van der Waals surface area contributed by atoms with E-state index in [4.69, 9.17) is 19.4 Å². The number of carbonyl (C=O) groups is 1. The Morgan fingerprint density at radius 3 is 2.73 bits per heavy atom. The number of sulfone groups is 1. The SMILES string of the molecule is Cc1ccc(C(=O)NCc2cc3nc(-c4cccc(N5CC[C@]6(COCCO6)C5)n4)ccc3cn2)cc1S(C)(=O)=O. The molecule has 5 heterocycles. The van der Waals surface area contributed by atoms with E-state index in [9.17, 15) is 13.2 Å². The first-order chi connectivity index (χ1) is 19.7. The summed E-state index contributed by atoms with van der Waals surface area (Å²) in [6, 6.07) is 16.3. The molecule has 41 heavy (non-hydrogen) atoms. The summed E-state index contributed by atoms with van der Waals surface area (Å²) in [5.41, 5.74) is 3.47. The molecule has 4 aromatic rings. The van der Waals surface area contributed by atoms with Crippen LogP contribution in [-0.2, 0) is 25.9 Å². The first-order valence-electron chi connectivity index (χ1n) is 13.5. The van der Waals surface area contributed by atoms with Crippen LogP contribution in [0.1, 0.15) is 28.0 Å². The number of aromatic nitrogens is 3. The molecule has 3 aromatic heterocycles. The lowest BCUT2D eigenvalue weighted by Gasteiger charge is -2.33. The van der Waals surface area contributed by atoms with Crippen molar-refractivity contribution in [1.29, 1.82) is 0 Å². The van der Waals surface area contributed by atoms with Crippen LogP contribution in [0.4, 0.5) is 5.82 Å². The van der Waals surface area contributed by atoms with E-state index in [2.05, 4.69) is 15.2 Å². The van der Waals surface area contributed by atoms with Crippen molar-refractivity contribution in [2.75, 3.05) is 44.1 Å². The molecule has 1 atom stereocenters. The number of rotatable bonds is 6. The summed E-state index contributed by atoms with van der Waals surface area (Å²) in [5.74, 6) is 0.497. The van der Waals surface area contributed by atoms with Crippen LogP contribution in [0.15, 0.2) is 65.7 Å². The summed E-state index contributed by atoms with van der Waals surface area (Å²) >= 11 is 0. The van der Waals surface area contributed by atoms with E-state index in [1.165, 1.54) is 6.07 Å². The highest BCUT2D eigenvalue weighted by Crippen LogP contribution is 2.32.